The summed E-state index contributed by atoms with van der Waals surface area (Å²) in [5.41, 5.74) is 3.46. The summed E-state index contributed by atoms with van der Waals surface area (Å²) in [6.07, 6.45) is 3.97. The van der Waals surface area contributed by atoms with E-state index in [1.807, 2.05) is 36.4 Å². The molecule has 0 fully saturated rings. The van der Waals surface area contributed by atoms with Crippen LogP contribution in [0.1, 0.15) is 18.9 Å². The second-order valence-corrected chi connectivity index (χ2v) is 5.72. The number of H-pyrrole nitrogens is 1. The van der Waals surface area contributed by atoms with E-state index in [9.17, 15) is 4.79 Å². The van der Waals surface area contributed by atoms with Gasteiger partial charge in [0, 0.05) is 5.56 Å². The third-order valence-corrected chi connectivity index (χ3v) is 3.94. The largest absolute Gasteiger partial charge is 0.493 e. The summed E-state index contributed by atoms with van der Waals surface area (Å²) in [6.45, 7) is 2.68. The summed E-state index contributed by atoms with van der Waals surface area (Å²) in [5, 5.41) is 12.3. The highest BCUT2D eigenvalue weighted by molar-refractivity contribution is 6.32. The number of rotatable bonds is 6. The molecule has 2 aromatic carbocycles. The van der Waals surface area contributed by atoms with Gasteiger partial charge in [-0.2, -0.15) is 10.2 Å². The first-order valence-corrected chi connectivity index (χ1v) is 8.25. The Bertz CT molecular complexity index is 969. The number of hydrogen-bond donors (Lipinski definition) is 2. The van der Waals surface area contributed by atoms with Crippen molar-refractivity contribution in [2.75, 3.05) is 12.0 Å². The monoisotopic (exact) mass is 356 g/mol. The second kappa shape index (κ2) is 7.81. The summed E-state index contributed by atoms with van der Waals surface area (Å²) in [5.74, 6) is 0.751. The van der Waals surface area contributed by atoms with Crippen molar-refractivity contribution in [3.8, 4) is 5.75 Å². The molecule has 0 saturated heterocycles. The van der Waals surface area contributed by atoms with Gasteiger partial charge in [-0.15, -0.1) is 0 Å². The van der Waals surface area contributed by atoms with Crippen molar-refractivity contribution in [2.45, 2.75) is 13.3 Å². The molecule has 0 atom stereocenters. The quantitative estimate of drug-likeness (QED) is 0.520. The van der Waals surface area contributed by atoms with E-state index in [1.54, 1.807) is 6.21 Å². The zero-order valence-corrected chi connectivity index (χ0v) is 14.4. The van der Waals surface area contributed by atoms with Crippen LogP contribution in [0.25, 0.3) is 10.8 Å². The Morgan fingerprint density at radius 1 is 1.32 bits per heavy atom. The number of hydrazone groups is 1. The average molecular weight is 357 g/mol. The molecule has 7 heteroatoms. The van der Waals surface area contributed by atoms with Crippen LogP contribution < -0.4 is 15.7 Å². The van der Waals surface area contributed by atoms with Gasteiger partial charge in [0.15, 0.2) is 0 Å². The summed E-state index contributed by atoms with van der Waals surface area (Å²) >= 11 is 5.92. The van der Waals surface area contributed by atoms with E-state index < -0.39 is 5.56 Å². The molecule has 0 spiro atoms. The molecule has 0 radical (unpaired) electrons. The topological polar surface area (TPSA) is 79.4 Å². The molecule has 2 N–H and O–H groups in total. The zero-order chi connectivity index (χ0) is 17.6. The first-order chi connectivity index (χ1) is 12.2. The Balaban J connectivity index is 1.95. The lowest BCUT2D eigenvalue weighted by molar-refractivity contribution is 0.317. The van der Waals surface area contributed by atoms with Crippen molar-refractivity contribution in [1.29, 1.82) is 0 Å². The minimum atomic E-state index is -0.473. The molecule has 0 amide bonds. The maximum atomic E-state index is 11.5. The number of anilines is 1. The summed E-state index contributed by atoms with van der Waals surface area (Å²) in [4.78, 5) is 11.5. The summed E-state index contributed by atoms with van der Waals surface area (Å²) < 4.78 is 5.83. The fourth-order valence-corrected chi connectivity index (χ4v) is 2.51. The second-order valence-electron chi connectivity index (χ2n) is 5.34. The highest BCUT2D eigenvalue weighted by atomic mass is 35.5. The molecule has 0 saturated carbocycles. The SMILES string of the molecule is CCCOc1ccc2ccccc2c1/C=N\Nc1cn[nH]c(=O)c1Cl. The number of fused-ring (bicyclic) bond motifs is 1. The first kappa shape index (κ1) is 17.0. The number of hydrogen-bond acceptors (Lipinski definition) is 5. The number of aromatic nitrogens is 2. The van der Waals surface area contributed by atoms with E-state index in [4.69, 9.17) is 16.3 Å². The van der Waals surface area contributed by atoms with Crippen LogP contribution in [-0.4, -0.2) is 23.0 Å². The van der Waals surface area contributed by atoms with E-state index in [0.717, 1.165) is 28.5 Å². The van der Waals surface area contributed by atoms with Crippen molar-refractivity contribution in [3.05, 3.63) is 63.5 Å². The zero-order valence-electron chi connectivity index (χ0n) is 13.6. The van der Waals surface area contributed by atoms with Crippen LogP contribution >= 0.6 is 11.6 Å². The molecule has 0 aliphatic rings. The van der Waals surface area contributed by atoms with Gasteiger partial charge >= 0.3 is 0 Å². The van der Waals surface area contributed by atoms with Crippen LogP contribution in [0.15, 0.2) is 52.5 Å². The lowest BCUT2D eigenvalue weighted by Gasteiger charge is -2.11. The maximum Gasteiger partial charge on any atom is 0.285 e. The molecule has 128 valence electrons. The highest BCUT2D eigenvalue weighted by Crippen LogP contribution is 2.27. The molecule has 25 heavy (non-hydrogen) atoms. The minimum Gasteiger partial charge on any atom is -0.493 e. The first-order valence-electron chi connectivity index (χ1n) is 7.87. The van der Waals surface area contributed by atoms with Gasteiger partial charge in [-0.25, -0.2) is 5.10 Å². The van der Waals surface area contributed by atoms with Crippen molar-refractivity contribution >= 4 is 34.3 Å². The van der Waals surface area contributed by atoms with Crippen LogP contribution in [0.3, 0.4) is 0 Å². The number of nitrogens with zero attached hydrogens (tertiary/aromatic N) is 2. The molecule has 3 rings (SSSR count). The number of benzene rings is 2. The smallest absolute Gasteiger partial charge is 0.285 e. The molecule has 1 heterocycles. The van der Waals surface area contributed by atoms with Crippen molar-refractivity contribution in [1.82, 2.24) is 10.2 Å². The Labute approximate surface area is 149 Å². The molecule has 0 aliphatic carbocycles. The van der Waals surface area contributed by atoms with Gasteiger partial charge in [0.2, 0.25) is 0 Å². The van der Waals surface area contributed by atoms with Crippen molar-refractivity contribution in [3.63, 3.8) is 0 Å². The van der Waals surface area contributed by atoms with Gasteiger partial charge in [-0.05, 0) is 23.3 Å². The number of nitrogens with one attached hydrogen (secondary N) is 2. The Morgan fingerprint density at radius 2 is 2.16 bits per heavy atom. The standard InChI is InChI=1S/C18H17ClN4O2/c1-2-9-25-16-8-7-12-5-3-4-6-13(12)14(16)10-20-22-15-11-21-23-18(24)17(15)19/h3-8,10-11H,2,9H2,1H3,(H2,22,23,24)/b20-10-. The fourth-order valence-electron chi connectivity index (χ4n) is 2.37. The summed E-state index contributed by atoms with van der Waals surface area (Å²) in [7, 11) is 0. The summed E-state index contributed by atoms with van der Waals surface area (Å²) in [6, 6.07) is 11.9. The van der Waals surface area contributed by atoms with Gasteiger partial charge in [0.1, 0.15) is 16.5 Å². The van der Waals surface area contributed by atoms with Crippen molar-refractivity contribution < 1.29 is 4.74 Å². The van der Waals surface area contributed by atoms with E-state index in [2.05, 4.69) is 27.6 Å². The number of halogens is 1. The number of aromatic amines is 1. The third kappa shape index (κ3) is 3.80. The molecule has 6 nitrogen and oxygen atoms in total. The molecular weight excluding hydrogens is 340 g/mol. The van der Waals surface area contributed by atoms with E-state index in [0.29, 0.717) is 12.3 Å². The molecular formula is C18H17ClN4O2. The van der Waals surface area contributed by atoms with Crippen LogP contribution in [-0.2, 0) is 0 Å². The van der Waals surface area contributed by atoms with Crippen LogP contribution in [0, 0.1) is 0 Å². The third-order valence-electron chi connectivity index (χ3n) is 3.57. The number of ether oxygens (including phenoxy) is 1. The predicted octanol–water partition coefficient (Wildman–Crippen LogP) is 3.81. The Kier molecular flexibility index (Phi) is 5.30. The highest BCUT2D eigenvalue weighted by Gasteiger charge is 2.08. The molecule has 1 aromatic heterocycles. The maximum absolute atomic E-state index is 11.5. The average Bonchev–Trinajstić information content (AvgIpc) is 2.64. The van der Waals surface area contributed by atoms with E-state index >= 15 is 0 Å². The van der Waals surface area contributed by atoms with Gasteiger partial charge in [-0.1, -0.05) is 48.9 Å². The fraction of sp³-hybridized carbons (Fsp3) is 0.167. The predicted molar refractivity (Wildman–Crippen MR) is 101 cm³/mol. The minimum absolute atomic E-state index is 0.00697. The van der Waals surface area contributed by atoms with Gasteiger partial charge in [-0.3, -0.25) is 10.2 Å². The van der Waals surface area contributed by atoms with Gasteiger partial charge in [0.25, 0.3) is 5.56 Å². The Morgan fingerprint density at radius 3 is 3.00 bits per heavy atom. The van der Waals surface area contributed by atoms with Crippen molar-refractivity contribution in [2.24, 2.45) is 5.10 Å². The molecule has 0 bridgehead atoms. The Hall–Kier alpha value is -2.86. The lowest BCUT2D eigenvalue weighted by atomic mass is 10.0. The van der Waals surface area contributed by atoms with Gasteiger partial charge < -0.3 is 4.74 Å². The van der Waals surface area contributed by atoms with E-state index in [-0.39, 0.29) is 5.02 Å². The van der Waals surface area contributed by atoms with Crippen LogP contribution in [0.2, 0.25) is 5.02 Å². The lowest BCUT2D eigenvalue weighted by Crippen LogP contribution is -2.10. The molecule has 3 aromatic rings. The van der Waals surface area contributed by atoms with Crippen LogP contribution in [0.5, 0.6) is 5.75 Å². The molecule has 0 unspecified atom stereocenters. The molecule has 0 aliphatic heterocycles. The van der Waals surface area contributed by atoms with Crippen LogP contribution in [0.4, 0.5) is 5.69 Å². The van der Waals surface area contributed by atoms with Gasteiger partial charge in [0.05, 0.1) is 19.0 Å². The van der Waals surface area contributed by atoms with E-state index in [1.165, 1.54) is 6.20 Å². The normalized spacial score (nSPS) is 11.1.